The second-order valence-corrected chi connectivity index (χ2v) is 8.87. The Morgan fingerprint density at radius 2 is 1.83 bits per heavy atom. The van der Waals surface area contributed by atoms with Crippen LogP contribution in [0.3, 0.4) is 0 Å². The molecule has 3 aromatic rings. The van der Waals surface area contributed by atoms with Crippen LogP contribution < -0.4 is 14.2 Å². The van der Waals surface area contributed by atoms with Crippen molar-refractivity contribution >= 4 is 26.9 Å². The molecule has 0 aliphatic rings. The number of para-hydroxylation sites is 2. The van der Waals surface area contributed by atoms with E-state index in [1.54, 1.807) is 25.1 Å². The number of sulfonamides is 1. The van der Waals surface area contributed by atoms with E-state index in [1.807, 2.05) is 18.2 Å². The molecule has 1 unspecified atom stereocenters. The van der Waals surface area contributed by atoms with Crippen molar-refractivity contribution in [2.45, 2.75) is 45.6 Å². The first-order valence-corrected chi connectivity index (χ1v) is 11.7. The van der Waals surface area contributed by atoms with Crippen LogP contribution in [0.2, 0.25) is 0 Å². The van der Waals surface area contributed by atoms with Gasteiger partial charge >= 0.3 is 0 Å². The first-order valence-electron chi connectivity index (χ1n) is 10.0. The fourth-order valence-electron chi connectivity index (χ4n) is 3.08. The molecule has 2 aromatic heterocycles. The maximum absolute atomic E-state index is 12.4. The Morgan fingerprint density at radius 3 is 2.50 bits per heavy atom. The number of pyridine rings is 1. The molecule has 1 atom stereocenters. The van der Waals surface area contributed by atoms with Gasteiger partial charge in [0.2, 0.25) is 15.8 Å². The van der Waals surface area contributed by atoms with E-state index < -0.39 is 16.1 Å². The van der Waals surface area contributed by atoms with Crippen molar-refractivity contribution in [1.82, 2.24) is 9.97 Å². The summed E-state index contributed by atoms with van der Waals surface area (Å²) in [5.41, 5.74) is 1.84. The summed E-state index contributed by atoms with van der Waals surface area (Å²) >= 11 is 0. The highest BCUT2D eigenvalue weighted by molar-refractivity contribution is 7.92. The van der Waals surface area contributed by atoms with Crippen LogP contribution >= 0.6 is 0 Å². The van der Waals surface area contributed by atoms with Crippen molar-refractivity contribution in [2.75, 3.05) is 10.5 Å². The van der Waals surface area contributed by atoms with Gasteiger partial charge in [0.15, 0.2) is 12.4 Å². The van der Waals surface area contributed by atoms with E-state index in [2.05, 4.69) is 21.6 Å². The minimum atomic E-state index is -3.59. The number of ether oxygens (including phenoxy) is 1. The normalized spacial score (nSPS) is 12.6. The summed E-state index contributed by atoms with van der Waals surface area (Å²) in [6.07, 6.45) is 5.34. The van der Waals surface area contributed by atoms with Crippen LogP contribution in [0.4, 0.5) is 5.82 Å². The van der Waals surface area contributed by atoms with Gasteiger partial charge in [-0.3, -0.25) is 4.72 Å². The average Bonchev–Trinajstić information content (AvgIpc) is 2.71. The molecule has 1 aromatic carbocycles. The maximum atomic E-state index is 12.4. The smallest absolute Gasteiger partial charge is 0.259 e. The number of aromatic nitrogens is 3. The summed E-state index contributed by atoms with van der Waals surface area (Å²) in [5, 5.41) is 11.8. The van der Waals surface area contributed by atoms with Crippen LogP contribution in [0, 0.1) is 5.21 Å². The molecule has 0 amide bonds. The maximum Gasteiger partial charge on any atom is 0.259 e. The molecule has 1 N–H and O–H groups in total. The monoisotopic (exact) mass is 430 g/mol. The van der Waals surface area contributed by atoms with Crippen molar-refractivity contribution < 1.29 is 17.9 Å². The van der Waals surface area contributed by atoms with E-state index in [-0.39, 0.29) is 17.5 Å². The minimum Gasteiger partial charge on any atom is -0.619 e. The van der Waals surface area contributed by atoms with Crippen molar-refractivity contribution in [1.29, 1.82) is 0 Å². The molecule has 30 heavy (non-hydrogen) atoms. The van der Waals surface area contributed by atoms with Crippen molar-refractivity contribution in [3.05, 3.63) is 59.6 Å². The highest BCUT2D eigenvalue weighted by Crippen LogP contribution is 2.31. The number of rotatable bonds is 10. The predicted molar refractivity (Wildman–Crippen MR) is 116 cm³/mol. The highest BCUT2D eigenvalue weighted by Gasteiger charge is 2.22. The Bertz CT molecular complexity index is 1110. The van der Waals surface area contributed by atoms with Gasteiger partial charge in [-0.25, -0.2) is 18.4 Å². The van der Waals surface area contributed by atoms with Gasteiger partial charge in [0.25, 0.3) is 5.88 Å². The molecular weight excluding hydrogens is 404 g/mol. The molecular formula is C21H26N4O4S. The quantitative estimate of drug-likeness (QED) is 0.388. The molecule has 0 aliphatic carbocycles. The zero-order valence-corrected chi connectivity index (χ0v) is 17.9. The van der Waals surface area contributed by atoms with Gasteiger partial charge in [-0.1, -0.05) is 32.4 Å². The number of hydrogen-bond donors (Lipinski definition) is 1. The Morgan fingerprint density at radius 1 is 1.10 bits per heavy atom. The molecule has 0 saturated carbocycles. The number of benzene rings is 1. The van der Waals surface area contributed by atoms with Crippen LogP contribution in [-0.4, -0.2) is 24.1 Å². The summed E-state index contributed by atoms with van der Waals surface area (Å²) in [6, 6.07) is 10.6. The lowest BCUT2D eigenvalue weighted by Gasteiger charge is -2.20. The lowest BCUT2D eigenvalue weighted by Crippen LogP contribution is -2.26. The molecule has 8 nitrogen and oxygen atoms in total. The molecule has 0 saturated heterocycles. The van der Waals surface area contributed by atoms with Crippen LogP contribution in [-0.2, 0) is 10.0 Å². The third-order valence-electron chi connectivity index (χ3n) is 4.51. The van der Waals surface area contributed by atoms with Gasteiger partial charge in [-0.2, -0.15) is 4.73 Å². The topological polar surface area (TPSA) is 108 Å². The van der Waals surface area contributed by atoms with Gasteiger partial charge in [0.1, 0.15) is 6.10 Å². The molecule has 2 heterocycles. The average molecular weight is 431 g/mol. The van der Waals surface area contributed by atoms with E-state index in [9.17, 15) is 13.6 Å². The molecule has 0 fully saturated rings. The zero-order chi connectivity index (χ0) is 21.6. The van der Waals surface area contributed by atoms with Crippen LogP contribution in [0.25, 0.3) is 11.0 Å². The number of unbranched alkanes of at least 4 members (excludes halogenated alkanes) is 1. The van der Waals surface area contributed by atoms with Crippen LogP contribution in [0.5, 0.6) is 5.88 Å². The van der Waals surface area contributed by atoms with E-state index in [0.29, 0.717) is 34.2 Å². The van der Waals surface area contributed by atoms with Gasteiger partial charge < -0.3 is 9.94 Å². The molecule has 3 rings (SSSR count). The standard InChI is InChI=1S/C21H26N4O4S/c1-3-5-12-19(16-9-8-13-25(26)15-16)29-21-20(24-30(27,28)14-4-2)22-17-10-6-7-11-18(17)23-21/h6-11,13,15,19H,3-5,12,14H2,1-2H3,(H,22,24). The number of anilines is 1. The highest BCUT2D eigenvalue weighted by atomic mass is 32.2. The van der Waals surface area contributed by atoms with E-state index in [1.165, 1.54) is 12.4 Å². The number of fused-ring (bicyclic) bond motifs is 1. The van der Waals surface area contributed by atoms with Gasteiger partial charge in [-0.05, 0) is 37.5 Å². The van der Waals surface area contributed by atoms with Gasteiger partial charge in [-0.15, -0.1) is 0 Å². The van der Waals surface area contributed by atoms with E-state index >= 15 is 0 Å². The summed E-state index contributed by atoms with van der Waals surface area (Å²) in [5.74, 6) is 0.111. The van der Waals surface area contributed by atoms with Crippen LogP contribution in [0.1, 0.15) is 51.2 Å². The summed E-state index contributed by atoms with van der Waals surface area (Å²) in [6.45, 7) is 3.85. The molecule has 9 heteroatoms. The van der Waals surface area contributed by atoms with Crippen molar-refractivity contribution in [3.63, 3.8) is 0 Å². The Balaban J connectivity index is 2.03. The van der Waals surface area contributed by atoms with Crippen LogP contribution in [0.15, 0.2) is 48.8 Å². The third-order valence-corrected chi connectivity index (χ3v) is 5.96. The number of hydrogen-bond acceptors (Lipinski definition) is 6. The summed E-state index contributed by atoms with van der Waals surface area (Å²) in [7, 11) is -3.59. The van der Waals surface area contributed by atoms with E-state index in [4.69, 9.17) is 4.74 Å². The first kappa shape index (κ1) is 21.8. The van der Waals surface area contributed by atoms with Crippen molar-refractivity contribution in [2.24, 2.45) is 0 Å². The first-order chi connectivity index (χ1) is 14.4. The summed E-state index contributed by atoms with van der Waals surface area (Å²) < 4.78 is 34.2. The molecule has 0 bridgehead atoms. The minimum absolute atomic E-state index is 0.0327. The lowest BCUT2D eigenvalue weighted by atomic mass is 10.1. The zero-order valence-electron chi connectivity index (χ0n) is 17.1. The molecule has 160 valence electrons. The Labute approximate surface area is 176 Å². The molecule has 0 radical (unpaired) electrons. The largest absolute Gasteiger partial charge is 0.619 e. The lowest BCUT2D eigenvalue weighted by molar-refractivity contribution is -0.606. The second-order valence-electron chi connectivity index (χ2n) is 7.03. The second kappa shape index (κ2) is 9.71. The molecule has 0 aliphatic heterocycles. The third kappa shape index (κ3) is 5.56. The fourth-order valence-corrected chi connectivity index (χ4v) is 4.15. The SMILES string of the molecule is CCCCC(Oc1nc2ccccc2nc1NS(=O)(=O)CCC)c1ccc[n+]([O-])c1. The predicted octanol–water partition coefficient (Wildman–Crippen LogP) is 3.73. The fraction of sp³-hybridized carbons (Fsp3) is 0.381. The van der Waals surface area contributed by atoms with Gasteiger partial charge in [0.05, 0.1) is 22.3 Å². The number of nitrogens with zero attached hydrogens (tertiary/aromatic N) is 3. The van der Waals surface area contributed by atoms with Gasteiger partial charge in [0, 0.05) is 6.07 Å². The molecule has 0 spiro atoms. The van der Waals surface area contributed by atoms with Crippen molar-refractivity contribution in [3.8, 4) is 5.88 Å². The van der Waals surface area contributed by atoms with E-state index in [0.717, 1.165) is 12.8 Å². The summed E-state index contributed by atoms with van der Waals surface area (Å²) in [4.78, 5) is 8.96. The number of nitrogens with one attached hydrogen (secondary N) is 1. The Kier molecular flexibility index (Phi) is 7.04. The Hall–Kier alpha value is -2.94.